The van der Waals surface area contributed by atoms with Crippen molar-refractivity contribution in [3.8, 4) is 0 Å². The highest BCUT2D eigenvalue weighted by molar-refractivity contribution is 14.0. The first-order chi connectivity index (χ1) is 12.0. The number of nitrogens with zero attached hydrogens (tertiary/aromatic N) is 2. The molecule has 0 saturated heterocycles. The van der Waals surface area contributed by atoms with E-state index in [0.717, 1.165) is 18.1 Å². The molecule has 1 aromatic carbocycles. The molecule has 4 nitrogen and oxygen atoms in total. The van der Waals surface area contributed by atoms with Gasteiger partial charge in [0.1, 0.15) is 5.82 Å². The summed E-state index contributed by atoms with van der Waals surface area (Å²) in [6.07, 6.45) is 0. The second kappa shape index (κ2) is 11.5. The predicted molar refractivity (Wildman–Crippen MR) is 120 cm³/mol. The van der Waals surface area contributed by atoms with E-state index in [1.165, 1.54) is 17.0 Å². The summed E-state index contributed by atoms with van der Waals surface area (Å²) in [5.41, 5.74) is 1.07. The lowest BCUT2D eigenvalue weighted by molar-refractivity contribution is 0.298. The van der Waals surface area contributed by atoms with Crippen LogP contribution in [0.2, 0.25) is 0 Å². The zero-order valence-corrected chi connectivity index (χ0v) is 18.8. The number of benzene rings is 1. The molecule has 0 aliphatic rings. The molecule has 7 heteroatoms. The van der Waals surface area contributed by atoms with Gasteiger partial charge in [-0.2, -0.15) is 0 Å². The highest BCUT2D eigenvalue weighted by Gasteiger charge is 2.15. The molecule has 1 heterocycles. The van der Waals surface area contributed by atoms with Gasteiger partial charge in [0.25, 0.3) is 0 Å². The summed E-state index contributed by atoms with van der Waals surface area (Å²) in [6.45, 7) is 3.71. The number of hydrogen-bond acceptors (Lipinski definition) is 3. The average molecular weight is 490 g/mol. The van der Waals surface area contributed by atoms with Gasteiger partial charge < -0.3 is 15.5 Å². The summed E-state index contributed by atoms with van der Waals surface area (Å²) in [6, 6.07) is 11.0. The average Bonchev–Trinajstić information content (AvgIpc) is 3.13. The van der Waals surface area contributed by atoms with Crippen LogP contribution >= 0.6 is 35.3 Å². The first-order valence-electron chi connectivity index (χ1n) is 8.41. The standard InChI is InChI=1S/C19H27FN4S.HI/c1-14(18-6-5-11-25-18)12-22-19(21-2)23-13-17(24(3)4)15-7-9-16(20)10-8-15;/h5-11,14,17H,12-13H2,1-4H3,(H2,21,22,23);1H. The molecular formula is C19H28FIN4S. The maximum Gasteiger partial charge on any atom is 0.191 e. The molecule has 0 aliphatic heterocycles. The lowest BCUT2D eigenvalue weighted by atomic mass is 10.1. The Morgan fingerprint density at radius 3 is 2.35 bits per heavy atom. The van der Waals surface area contributed by atoms with E-state index in [2.05, 4.69) is 45.0 Å². The van der Waals surface area contributed by atoms with E-state index >= 15 is 0 Å². The number of guanidine groups is 1. The topological polar surface area (TPSA) is 39.7 Å². The van der Waals surface area contributed by atoms with Crippen molar-refractivity contribution in [2.24, 2.45) is 4.99 Å². The van der Waals surface area contributed by atoms with Crippen molar-refractivity contribution < 1.29 is 4.39 Å². The number of aliphatic imine (C=N–C) groups is 1. The highest BCUT2D eigenvalue weighted by Crippen LogP contribution is 2.20. The third-order valence-corrected chi connectivity index (χ3v) is 5.27. The quantitative estimate of drug-likeness (QED) is 0.349. The molecule has 0 spiro atoms. The molecule has 2 unspecified atom stereocenters. The van der Waals surface area contributed by atoms with Gasteiger partial charge in [-0.25, -0.2) is 4.39 Å². The fraction of sp³-hybridized carbons (Fsp3) is 0.421. The van der Waals surface area contributed by atoms with Gasteiger partial charge in [-0.1, -0.05) is 25.1 Å². The van der Waals surface area contributed by atoms with E-state index in [0.29, 0.717) is 12.5 Å². The van der Waals surface area contributed by atoms with Crippen molar-refractivity contribution >= 4 is 41.3 Å². The Hall–Kier alpha value is -1.19. The molecule has 2 rings (SSSR count). The molecule has 0 radical (unpaired) electrons. The second-order valence-corrected chi connectivity index (χ2v) is 7.26. The Bertz CT molecular complexity index is 659. The molecule has 2 N–H and O–H groups in total. The summed E-state index contributed by atoms with van der Waals surface area (Å²) in [4.78, 5) is 7.77. The lowest BCUT2D eigenvalue weighted by Crippen LogP contribution is -2.42. The Morgan fingerprint density at radius 2 is 1.81 bits per heavy atom. The van der Waals surface area contributed by atoms with Crippen molar-refractivity contribution in [2.75, 3.05) is 34.2 Å². The van der Waals surface area contributed by atoms with Crippen LogP contribution in [0, 0.1) is 5.82 Å². The molecule has 2 aromatic rings. The largest absolute Gasteiger partial charge is 0.356 e. The highest BCUT2D eigenvalue weighted by atomic mass is 127. The number of likely N-dealkylation sites (N-methyl/N-ethyl adjacent to an activating group) is 1. The third-order valence-electron chi connectivity index (χ3n) is 4.17. The van der Waals surface area contributed by atoms with Crippen molar-refractivity contribution in [1.82, 2.24) is 15.5 Å². The van der Waals surface area contributed by atoms with Crippen LogP contribution in [0.4, 0.5) is 4.39 Å². The van der Waals surface area contributed by atoms with Crippen LogP contribution in [0.25, 0.3) is 0 Å². The minimum absolute atomic E-state index is 0. The smallest absolute Gasteiger partial charge is 0.191 e. The van der Waals surface area contributed by atoms with Crippen molar-refractivity contribution in [3.05, 3.63) is 58.0 Å². The number of nitrogens with one attached hydrogen (secondary N) is 2. The first-order valence-corrected chi connectivity index (χ1v) is 9.29. The monoisotopic (exact) mass is 490 g/mol. The van der Waals surface area contributed by atoms with Crippen LogP contribution in [0.3, 0.4) is 0 Å². The molecule has 1 aromatic heterocycles. The maximum absolute atomic E-state index is 13.2. The van der Waals surface area contributed by atoms with Crippen molar-refractivity contribution in [1.29, 1.82) is 0 Å². The van der Waals surface area contributed by atoms with E-state index in [9.17, 15) is 4.39 Å². The minimum Gasteiger partial charge on any atom is -0.356 e. The van der Waals surface area contributed by atoms with Gasteiger partial charge in [-0.3, -0.25) is 4.99 Å². The second-order valence-electron chi connectivity index (χ2n) is 6.28. The van der Waals surface area contributed by atoms with Crippen LogP contribution in [-0.4, -0.2) is 45.1 Å². The molecule has 144 valence electrons. The van der Waals surface area contributed by atoms with Gasteiger partial charge in [-0.05, 0) is 43.2 Å². The van der Waals surface area contributed by atoms with Gasteiger partial charge in [0.2, 0.25) is 0 Å². The Morgan fingerprint density at radius 1 is 1.15 bits per heavy atom. The van der Waals surface area contributed by atoms with E-state index in [1.807, 2.05) is 26.2 Å². The molecule has 2 atom stereocenters. The Labute approximate surface area is 176 Å². The Kier molecular flexibility index (Phi) is 10.1. The summed E-state index contributed by atoms with van der Waals surface area (Å²) in [5, 5.41) is 8.85. The molecule has 0 fully saturated rings. The van der Waals surface area contributed by atoms with Crippen LogP contribution in [0.1, 0.15) is 29.3 Å². The molecule has 0 amide bonds. The van der Waals surface area contributed by atoms with Crippen LogP contribution < -0.4 is 10.6 Å². The van der Waals surface area contributed by atoms with Gasteiger partial charge >= 0.3 is 0 Å². The van der Waals surface area contributed by atoms with E-state index in [4.69, 9.17) is 0 Å². The first kappa shape index (κ1) is 22.9. The van der Waals surface area contributed by atoms with E-state index in [1.54, 1.807) is 18.4 Å². The molecule has 26 heavy (non-hydrogen) atoms. The molecular weight excluding hydrogens is 462 g/mol. The normalized spacial score (nSPS) is 13.8. The van der Waals surface area contributed by atoms with E-state index < -0.39 is 0 Å². The summed E-state index contributed by atoms with van der Waals surface area (Å²) < 4.78 is 13.2. The van der Waals surface area contributed by atoms with Crippen LogP contribution in [0.5, 0.6) is 0 Å². The summed E-state index contributed by atoms with van der Waals surface area (Å²) in [5.74, 6) is 0.993. The fourth-order valence-electron chi connectivity index (χ4n) is 2.62. The number of hydrogen-bond donors (Lipinski definition) is 2. The van der Waals surface area contributed by atoms with Crippen molar-refractivity contribution in [2.45, 2.75) is 18.9 Å². The molecule has 0 aliphatic carbocycles. The molecule has 0 saturated carbocycles. The zero-order valence-electron chi connectivity index (χ0n) is 15.7. The number of halogens is 2. The number of rotatable bonds is 7. The Balaban J connectivity index is 0.00000338. The van der Waals surface area contributed by atoms with Gasteiger partial charge in [0, 0.05) is 30.9 Å². The zero-order chi connectivity index (χ0) is 18.2. The fourth-order valence-corrected chi connectivity index (χ4v) is 3.41. The molecule has 0 bridgehead atoms. The third kappa shape index (κ3) is 6.85. The number of thiophene rings is 1. The summed E-state index contributed by atoms with van der Waals surface area (Å²) >= 11 is 1.77. The van der Waals surface area contributed by atoms with Gasteiger partial charge in [0.05, 0.1) is 6.04 Å². The lowest BCUT2D eigenvalue weighted by Gasteiger charge is -2.26. The van der Waals surface area contributed by atoms with Crippen LogP contribution in [0.15, 0.2) is 46.8 Å². The minimum atomic E-state index is -0.214. The SMILES string of the molecule is CN=C(NCC(C)c1cccs1)NCC(c1ccc(F)cc1)N(C)C.I. The van der Waals surface area contributed by atoms with E-state index in [-0.39, 0.29) is 35.8 Å². The predicted octanol–water partition coefficient (Wildman–Crippen LogP) is 4.08. The van der Waals surface area contributed by atoms with Crippen LogP contribution in [-0.2, 0) is 0 Å². The van der Waals surface area contributed by atoms with Gasteiger partial charge in [0.15, 0.2) is 5.96 Å². The van der Waals surface area contributed by atoms with Crippen molar-refractivity contribution in [3.63, 3.8) is 0 Å². The summed E-state index contributed by atoms with van der Waals surface area (Å²) in [7, 11) is 5.81. The van der Waals surface area contributed by atoms with Gasteiger partial charge in [-0.15, -0.1) is 35.3 Å². The maximum atomic E-state index is 13.2.